The van der Waals surface area contributed by atoms with Crippen LogP contribution in [0.1, 0.15) is 22.8 Å². The Kier molecular flexibility index (Phi) is 6.42. The lowest BCUT2D eigenvalue weighted by atomic mass is 10.1. The minimum Gasteiger partial charge on any atom is -0.384 e. The molecule has 0 saturated carbocycles. The molecule has 1 aliphatic rings. The molecule has 31 heavy (non-hydrogen) atoms. The zero-order chi connectivity index (χ0) is 22.7. The molecule has 0 spiro atoms. The molecule has 1 aliphatic heterocycles. The SMILES string of the molecule is CC(=O)c1cc(F)cc(N2CCOC(C(O)C(=O)Nc3ccc(C(=N)N)cc3)C2=O)c1. The van der Waals surface area contributed by atoms with Crippen LogP contribution in [-0.4, -0.2) is 53.9 Å². The molecule has 3 rings (SSSR count). The predicted molar refractivity (Wildman–Crippen MR) is 111 cm³/mol. The number of aliphatic hydroxyl groups is 1. The molecule has 1 heterocycles. The molecule has 1 saturated heterocycles. The number of amides is 2. The van der Waals surface area contributed by atoms with Gasteiger partial charge >= 0.3 is 0 Å². The summed E-state index contributed by atoms with van der Waals surface area (Å²) in [5.74, 6) is -2.80. The summed E-state index contributed by atoms with van der Waals surface area (Å²) in [7, 11) is 0. The number of morpholine rings is 1. The van der Waals surface area contributed by atoms with E-state index in [0.29, 0.717) is 11.3 Å². The number of nitrogen functional groups attached to an aromatic ring is 1. The Balaban J connectivity index is 1.75. The topological polar surface area (TPSA) is 146 Å². The number of aliphatic hydroxyl groups excluding tert-OH is 1. The second-order valence-corrected chi connectivity index (χ2v) is 6.96. The van der Waals surface area contributed by atoms with Crippen LogP contribution in [0.5, 0.6) is 0 Å². The van der Waals surface area contributed by atoms with Crippen molar-refractivity contribution in [3.8, 4) is 0 Å². The van der Waals surface area contributed by atoms with Gasteiger partial charge in [0.15, 0.2) is 18.0 Å². The summed E-state index contributed by atoms with van der Waals surface area (Å²) >= 11 is 0. The Hall–Kier alpha value is -3.63. The third-order valence-corrected chi connectivity index (χ3v) is 4.74. The fourth-order valence-electron chi connectivity index (χ4n) is 3.11. The van der Waals surface area contributed by atoms with Crippen molar-refractivity contribution in [3.63, 3.8) is 0 Å². The van der Waals surface area contributed by atoms with Gasteiger partial charge in [-0.25, -0.2) is 4.39 Å². The number of anilines is 2. The molecule has 10 heteroatoms. The molecule has 2 amide bonds. The lowest BCUT2D eigenvalue weighted by Gasteiger charge is -2.34. The Morgan fingerprint density at radius 1 is 1.26 bits per heavy atom. The maximum Gasteiger partial charge on any atom is 0.259 e. The second-order valence-electron chi connectivity index (χ2n) is 6.96. The molecule has 9 nitrogen and oxygen atoms in total. The predicted octanol–water partition coefficient (Wildman–Crippen LogP) is 1.04. The molecule has 5 N–H and O–H groups in total. The van der Waals surface area contributed by atoms with Crippen molar-refractivity contribution in [2.24, 2.45) is 5.73 Å². The quantitative estimate of drug-likeness (QED) is 0.307. The van der Waals surface area contributed by atoms with Crippen molar-refractivity contribution in [2.75, 3.05) is 23.4 Å². The first kappa shape index (κ1) is 22.1. The van der Waals surface area contributed by atoms with Crippen molar-refractivity contribution in [2.45, 2.75) is 19.1 Å². The van der Waals surface area contributed by atoms with E-state index in [1.807, 2.05) is 0 Å². The van der Waals surface area contributed by atoms with E-state index in [1.54, 1.807) is 0 Å². The normalized spacial score (nSPS) is 17.2. The molecule has 2 aromatic carbocycles. The van der Waals surface area contributed by atoms with Crippen molar-refractivity contribution in [3.05, 3.63) is 59.4 Å². The number of hydrogen-bond donors (Lipinski definition) is 4. The summed E-state index contributed by atoms with van der Waals surface area (Å²) in [6.45, 7) is 1.34. The molecular formula is C21H21FN4O5. The van der Waals surface area contributed by atoms with Gasteiger partial charge in [-0.3, -0.25) is 19.8 Å². The van der Waals surface area contributed by atoms with Crippen LogP contribution in [0.25, 0.3) is 0 Å². The highest BCUT2D eigenvalue weighted by Gasteiger charge is 2.39. The standard InChI is InChI=1S/C21H21FN4O5/c1-11(27)13-8-14(22)10-16(9-13)26-6-7-31-18(21(26)30)17(28)20(29)25-15-4-2-12(3-5-15)19(23)24/h2-5,8-10,17-18,28H,6-7H2,1H3,(H3,23,24)(H,25,29). The fraction of sp³-hybridized carbons (Fsp3) is 0.238. The van der Waals surface area contributed by atoms with Crippen LogP contribution < -0.4 is 16.0 Å². The van der Waals surface area contributed by atoms with Crippen LogP contribution in [0.15, 0.2) is 42.5 Å². The van der Waals surface area contributed by atoms with E-state index in [9.17, 15) is 23.9 Å². The Labute approximate surface area is 177 Å². The highest BCUT2D eigenvalue weighted by Crippen LogP contribution is 2.24. The average molecular weight is 428 g/mol. The van der Waals surface area contributed by atoms with Crippen molar-refractivity contribution >= 4 is 34.8 Å². The van der Waals surface area contributed by atoms with Crippen molar-refractivity contribution in [1.29, 1.82) is 5.41 Å². The average Bonchev–Trinajstić information content (AvgIpc) is 2.73. The first-order valence-corrected chi connectivity index (χ1v) is 9.35. The number of nitrogens with two attached hydrogens (primary N) is 1. The number of benzene rings is 2. The molecule has 0 aliphatic carbocycles. The maximum atomic E-state index is 13.9. The summed E-state index contributed by atoms with van der Waals surface area (Å²) in [5, 5.41) is 20.2. The lowest BCUT2D eigenvalue weighted by molar-refractivity contribution is -0.150. The zero-order valence-corrected chi connectivity index (χ0v) is 16.6. The first-order valence-electron chi connectivity index (χ1n) is 9.35. The highest BCUT2D eigenvalue weighted by atomic mass is 19.1. The number of nitrogens with zero attached hydrogens (tertiary/aromatic N) is 1. The van der Waals surface area contributed by atoms with Crippen LogP contribution in [0.2, 0.25) is 0 Å². The number of ketones is 1. The Morgan fingerprint density at radius 2 is 1.94 bits per heavy atom. The number of halogens is 1. The molecule has 162 valence electrons. The molecule has 2 unspecified atom stereocenters. The number of Topliss-reactive ketones (excluding diaryl/α,β-unsaturated/α-hetero) is 1. The monoisotopic (exact) mass is 428 g/mol. The smallest absolute Gasteiger partial charge is 0.259 e. The van der Waals surface area contributed by atoms with E-state index in [0.717, 1.165) is 12.1 Å². The number of amidine groups is 1. The third kappa shape index (κ3) is 4.93. The van der Waals surface area contributed by atoms with E-state index < -0.39 is 29.8 Å². The minimum atomic E-state index is -1.83. The molecule has 2 atom stereocenters. The lowest BCUT2D eigenvalue weighted by Crippen LogP contribution is -2.55. The number of carbonyl (C=O) groups excluding carboxylic acids is 3. The largest absolute Gasteiger partial charge is 0.384 e. The van der Waals surface area contributed by atoms with Gasteiger partial charge in [0.2, 0.25) is 0 Å². The van der Waals surface area contributed by atoms with E-state index in [-0.39, 0.29) is 36.0 Å². The number of ether oxygens (including phenoxy) is 1. The zero-order valence-electron chi connectivity index (χ0n) is 16.6. The minimum absolute atomic E-state index is 0.0000265. The van der Waals surface area contributed by atoms with Crippen LogP contribution >= 0.6 is 0 Å². The van der Waals surface area contributed by atoms with Gasteiger partial charge in [0.05, 0.1) is 6.61 Å². The van der Waals surface area contributed by atoms with Crippen LogP contribution in [0.3, 0.4) is 0 Å². The van der Waals surface area contributed by atoms with Crippen LogP contribution in [0.4, 0.5) is 15.8 Å². The summed E-state index contributed by atoms with van der Waals surface area (Å²) in [6, 6.07) is 9.55. The first-order chi connectivity index (χ1) is 14.7. The molecule has 1 fully saturated rings. The van der Waals surface area contributed by atoms with E-state index in [1.165, 1.54) is 42.2 Å². The second kappa shape index (κ2) is 9.02. The molecule has 0 radical (unpaired) electrons. The molecular weight excluding hydrogens is 407 g/mol. The number of rotatable bonds is 6. The van der Waals surface area contributed by atoms with Gasteiger partial charge in [-0.05, 0) is 49.4 Å². The number of nitrogens with one attached hydrogen (secondary N) is 2. The van der Waals surface area contributed by atoms with Crippen molar-refractivity contribution in [1.82, 2.24) is 0 Å². The number of carbonyl (C=O) groups is 3. The maximum absolute atomic E-state index is 13.9. The highest BCUT2D eigenvalue weighted by molar-refractivity contribution is 6.04. The van der Waals surface area contributed by atoms with Gasteiger partial charge in [0.25, 0.3) is 11.8 Å². The van der Waals surface area contributed by atoms with Gasteiger partial charge in [0, 0.05) is 29.0 Å². The summed E-state index contributed by atoms with van der Waals surface area (Å²) in [5.41, 5.74) is 6.39. The van der Waals surface area contributed by atoms with E-state index in [4.69, 9.17) is 15.9 Å². The number of hydrogen-bond acceptors (Lipinski definition) is 6. The molecule has 0 aromatic heterocycles. The third-order valence-electron chi connectivity index (χ3n) is 4.74. The summed E-state index contributed by atoms with van der Waals surface area (Å²) in [4.78, 5) is 38.1. The van der Waals surface area contributed by atoms with E-state index in [2.05, 4.69) is 5.32 Å². The fourth-order valence-corrected chi connectivity index (χ4v) is 3.11. The molecule has 0 bridgehead atoms. The summed E-state index contributed by atoms with van der Waals surface area (Å²) < 4.78 is 19.2. The van der Waals surface area contributed by atoms with E-state index >= 15 is 0 Å². The van der Waals surface area contributed by atoms with Gasteiger partial charge in [0.1, 0.15) is 11.7 Å². The molecule has 2 aromatic rings. The van der Waals surface area contributed by atoms with Crippen LogP contribution in [-0.2, 0) is 14.3 Å². The Morgan fingerprint density at radius 3 is 2.55 bits per heavy atom. The van der Waals surface area contributed by atoms with Crippen LogP contribution in [0, 0.1) is 11.2 Å². The van der Waals surface area contributed by atoms with Gasteiger partial charge in [-0.15, -0.1) is 0 Å². The van der Waals surface area contributed by atoms with Gasteiger partial charge in [-0.1, -0.05) is 0 Å². The summed E-state index contributed by atoms with van der Waals surface area (Å²) in [6.07, 6.45) is -3.34. The van der Waals surface area contributed by atoms with Gasteiger partial charge in [-0.2, -0.15) is 0 Å². The Bertz CT molecular complexity index is 1040. The van der Waals surface area contributed by atoms with Gasteiger partial charge < -0.3 is 25.8 Å². The van der Waals surface area contributed by atoms with Crippen molar-refractivity contribution < 1.29 is 28.6 Å².